The lowest BCUT2D eigenvalue weighted by atomic mass is 10.0. The zero-order valence-corrected chi connectivity index (χ0v) is 11.6. The van der Waals surface area contributed by atoms with Gasteiger partial charge in [-0.05, 0) is 25.1 Å². The molecule has 0 amide bonds. The van der Waals surface area contributed by atoms with Crippen molar-refractivity contribution in [2.45, 2.75) is 19.4 Å². The van der Waals surface area contributed by atoms with Crippen molar-refractivity contribution in [3.8, 4) is 0 Å². The SMILES string of the molecule is CNC(Cc1ncc[nH]1)c1cccc(C)c1Br. The summed E-state index contributed by atoms with van der Waals surface area (Å²) in [7, 11) is 1.97. The van der Waals surface area contributed by atoms with E-state index in [9.17, 15) is 0 Å². The summed E-state index contributed by atoms with van der Waals surface area (Å²) < 4.78 is 1.17. The smallest absolute Gasteiger partial charge is 0.107 e. The van der Waals surface area contributed by atoms with E-state index in [4.69, 9.17) is 0 Å². The van der Waals surface area contributed by atoms with Crippen molar-refractivity contribution in [3.63, 3.8) is 0 Å². The number of rotatable bonds is 4. The van der Waals surface area contributed by atoms with Crippen LogP contribution in [0.1, 0.15) is 23.0 Å². The third-order valence-electron chi connectivity index (χ3n) is 2.90. The molecule has 90 valence electrons. The number of nitrogens with one attached hydrogen (secondary N) is 2. The molecule has 0 fully saturated rings. The molecule has 0 saturated carbocycles. The van der Waals surface area contributed by atoms with Gasteiger partial charge in [-0.1, -0.05) is 34.1 Å². The van der Waals surface area contributed by atoms with Crippen LogP contribution in [-0.2, 0) is 6.42 Å². The van der Waals surface area contributed by atoms with E-state index >= 15 is 0 Å². The summed E-state index contributed by atoms with van der Waals surface area (Å²) in [5, 5.41) is 3.33. The maximum atomic E-state index is 4.27. The largest absolute Gasteiger partial charge is 0.349 e. The second kappa shape index (κ2) is 5.47. The molecular formula is C13H16BrN3. The summed E-state index contributed by atoms with van der Waals surface area (Å²) >= 11 is 3.66. The molecular weight excluding hydrogens is 278 g/mol. The molecule has 0 aliphatic rings. The van der Waals surface area contributed by atoms with Crippen molar-refractivity contribution < 1.29 is 0 Å². The quantitative estimate of drug-likeness (QED) is 0.910. The fraction of sp³-hybridized carbons (Fsp3) is 0.308. The zero-order chi connectivity index (χ0) is 12.3. The number of benzene rings is 1. The lowest BCUT2D eigenvalue weighted by Crippen LogP contribution is -2.20. The first-order valence-electron chi connectivity index (χ1n) is 5.63. The van der Waals surface area contributed by atoms with E-state index in [-0.39, 0.29) is 6.04 Å². The van der Waals surface area contributed by atoms with Gasteiger partial charge in [-0.25, -0.2) is 4.98 Å². The van der Waals surface area contributed by atoms with Crippen molar-refractivity contribution in [1.29, 1.82) is 0 Å². The number of hydrogen-bond donors (Lipinski definition) is 2. The summed E-state index contributed by atoms with van der Waals surface area (Å²) in [5.41, 5.74) is 2.52. The number of halogens is 1. The molecule has 1 unspecified atom stereocenters. The number of H-pyrrole nitrogens is 1. The highest BCUT2D eigenvalue weighted by Crippen LogP contribution is 2.27. The number of aryl methyl sites for hydroxylation is 1. The van der Waals surface area contributed by atoms with E-state index in [1.54, 1.807) is 6.20 Å². The minimum absolute atomic E-state index is 0.260. The average Bonchev–Trinajstić information content (AvgIpc) is 2.83. The molecule has 1 atom stereocenters. The summed E-state index contributed by atoms with van der Waals surface area (Å²) in [4.78, 5) is 7.41. The monoisotopic (exact) mass is 293 g/mol. The molecule has 2 N–H and O–H groups in total. The van der Waals surface area contributed by atoms with Crippen LogP contribution in [0.5, 0.6) is 0 Å². The number of likely N-dealkylation sites (N-methyl/N-ethyl adjacent to an activating group) is 1. The van der Waals surface area contributed by atoms with Gasteiger partial charge in [0.15, 0.2) is 0 Å². The zero-order valence-electron chi connectivity index (χ0n) is 10.00. The molecule has 2 aromatic rings. The Kier molecular flexibility index (Phi) is 3.97. The number of hydrogen-bond acceptors (Lipinski definition) is 2. The Morgan fingerprint density at radius 3 is 2.94 bits per heavy atom. The third kappa shape index (κ3) is 2.76. The number of aromatic amines is 1. The van der Waals surface area contributed by atoms with Crippen LogP contribution < -0.4 is 5.32 Å². The van der Waals surface area contributed by atoms with Gasteiger partial charge in [0.25, 0.3) is 0 Å². The summed E-state index contributed by atoms with van der Waals surface area (Å²) in [5.74, 6) is 0.998. The third-order valence-corrected chi connectivity index (χ3v) is 3.98. The highest BCUT2D eigenvalue weighted by atomic mass is 79.9. The molecule has 1 heterocycles. The molecule has 0 bridgehead atoms. The predicted molar refractivity (Wildman–Crippen MR) is 73.0 cm³/mol. The van der Waals surface area contributed by atoms with E-state index in [1.807, 2.05) is 13.2 Å². The molecule has 0 radical (unpaired) electrons. The van der Waals surface area contributed by atoms with E-state index in [2.05, 4.69) is 56.3 Å². The molecule has 0 aliphatic heterocycles. The van der Waals surface area contributed by atoms with Crippen molar-refractivity contribution in [2.75, 3.05) is 7.05 Å². The van der Waals surface area contributed by atoms with Crippen molar-refractivity contribution in [1.82, 2.24) is 15.3 Å². The van der Waals surface area contributed by atoms with Crippen LogP contribution in [0, 0.1) is 6.92 Å². The second-order valence-corrected chi connectivity index (χ2v) is 4.85. The van der Waals surface area contributed by atoms with E-state index < -0.39 is 0 Å². The molecule has 0 aliphatic carbocycles. The lowest BCUT2D eigenvalue weighted by Gasteiger charge is -2.18. The summed E-state index contributed by atoms with van der Waals surface area (Å²) in [6, 6.07) is 6.59. The van der Waals surface area contributed by atoms with Crippen LogP contribution in [0.25, 0.3) is 0 Å². The van der Waals surface area contributed by atoms with Gasteiger partial charge in [0.1, 0.15) is 5.82 Å². The van der Waals surface area contributed by atoms with Crippen LogP contribution in [-0.4, -0.2) is 17.0 Å². The maximum absolute atomic E-state index is 4.27. The van der Waals surface area contributed by atoms with Gasteiger partial charge < -0.3 is 10.3 Å². The Hall–Kier alpha value is -1.13. The van der Waals surface area contributed by atoms with Gasteiger partial charge in [-0.15, -0.1) is 0 Å². The van der Waals surface area contributed by atoms with Crippen LogP contribution in [0.2, 0.25) is 0 Å². The molecule has 1 aromatic heterocycles. The minimum atomic E-state index is 0.260. The van der Waals surface area contributed by atoms with Gasteiger partial charge in [-0.3, -0.25) is 0 Å². The summed E-state index contributed by atoms with van der Waals surface area (Å²) in [6.45, 7) is 2.10. The van der Waals surface area contributed by atoms with Crippen molar-refractivity contribution >= 4 is 15.9 Å². The first kappa shape index (κ1) is 12.3. The number of nitrogens with zero attached hydrogens (tertiary/aromatic N) is 1. The maximum Gasteiger partial charge on any atom is 0.107 e. The fourth-order valence-corrected chi connectivity index (χ4v) is 2.45. The lowest BCUT2D eigenvalue weighted by molar-refractivity contribution is 0.575. The topological polar surface area (TPSA) is 40.7 Å². The highest BCUT2D eigenvalue weighted by molar-refractivity contribution is 9.10. The van der Waals surface area contributed by atoms with Gasteiger partial charge in [0.2, 0.25) is 0 Å². The van der Waals surface area contributed by atoms with E-state index in [1.165, 1.54) is 15.6 Å². The second-order valence-electron chi connectivity index (χ2n) is 4.06. The minimum Gasteiger partial charge on any atom is -0.349 e. The molecule has 0 saturated heterocycles. The van der Waals surface area contributed by atoms with Gasteiger partial charge >= 0.3 is 0 Å². The number of imidazole rings is 1. The molecule has 0 spiro atoms. The van der Waals surface area contributed by atoms with Crippen molar-refractivity contribution in [3.05, 3.63) is 52.0 Å². The Balaban J connectivity index is 2.26. The highest BCUT2D eigenvalue weighted by Gasteiger charge is 2.15. The van der Waals surface area contributed by atoms with Gasteiger partial charge in [-0.2, -0.15) is 0 Å². The van der Waals surface area contributed by atoms with Crippen LogP contribution in [0.15, 0.2) is 35.1 Å². The molecule has 17 heavy (non-hydrogen) atoms. The fourth-order valence-electron chi connectivity index (χ4n) is 1.91. The summed E-state index contributed by atoms with van der Waals surface area (Å²) in [6.07, 6.45) is 4.49. The molecule has 2 rings (SSSR count). The normalized spacial score (nSPS) is 12.6. The first-order chi connectivity index (χ1) is 8.22. The Morgan fingerprint density at radius 1 is 1.47 bits per heavy atom. The Morgan fingerprint density at radius 2 is 2.29 bits per heavy atom. The van der Waals surface area contributed by atoms with Crippen LogP contribution in [0.3, 0.4) is 0 Å². The van der Waals surface area contributed by atoms with Crippen LogP contribution >= 0.6 is 15.9 Å². The Bertz CT molecular complexity index is 479. The molecule has 4 heteroatoms. The standard InChI is InChI=1S/C13H16BrN3/c1-9-4-3-5-10(13(9)14)11(15-2)8-12-16-6-7-17-12/h3-7,11,15H,8H2,1-2H3,(H,16,17). The number of aromatic nitrogens is 2. The Labute approximate surface area is 110 Å². The van der Waals surface area contributed by atoms with E-state index in [0.717, 1.165) is 12.2 Å². The average molecular weight is 294 g/mol. The van der Waals surface area contributed by atoms with Gasteiger partial charge in [0.05, 0.1) is 0 Å². The first-order valence-corrected chi connectivity index (χ1v) is 6.42. The van der Waals surface area contributed by atoms with Crippen LogP contribution in [0.4, 0.5) is 0 Å². The van der Waals surface area contributed by atoms with Gasteiger partial charge in [0, 0.05) is 29.3 Å². The molecule has 3 nitrogen and oxygen atoms in total. The van der Waals surface area contributed by atoms with Crippen molar-refractivity contribution in [2.24, 2.45) is 0 Å². The predicted octanol–water partition coefficient (Wildman–Crippen LogP) is 2.98. The van der Waals surface area contributed by atoms with E-state index in [0.29, 0.717) is 0 Å². The molecule has 1 aromatic carbocycles.